The van der Waals surface area contributed by atoms with Crippen molar-refractivity contribution in [2.75, 3.05) is 19.8 Å². The molecule has 0 aromatic heterocycles. The lowest BCUT2D eigenvalue weighted by Crippen LogP contribution is -2.41. The molecular weight excluding hydrogens is 340 g/mol. The summed E-state index contributed by atoms with van der Waals surface area (Å²) in [5.41, 5.74) is 5.30. The molecule has 26 heavy (non-hydrogen) atoms. The summed E-state index contributed by atoms with van der Waals surface area (Å²) in [5, 5.41) is 0. The van der Waals surface area contributed by atoms with Crippen molar-refractivity contribution in [1.29, 1.82) is 0 Å². The Morgan fingerprint density at radius 2 is 2.08 bits per heavy atom. The number of primary amides is 1. The van der Waals surface area contributed by atoms with Gasteiger partial charge >= 0.3 is 0 Å². The second-order valence-corrected chi connectivity index (χ2v) is 5.47. The van der Waals surface area contributed by atoms with E-state index >= 15 is 0 Å². The highest BCUT2D eigenvalue weighted by Gasteiger charge is 2.41. The van der Waals surface area contributed by atoms with Gasteiger partial charge in [0.15, 0.2) is 0 Å². The molecule has 1 aliphatic rings. The molecule has 1 aliphatic heterocycles. The first-order valence-electron chi connectivity index (χ1n) is 7.89. The molecule has 136 valence electrons. The first-order chi connectivity index (χ1) is 12.5. The van der Waals surface area contributed by atoms with E-state index in [-0.39, 0.29) is 49.5 Å². The zero-order valence-electron chi connectivity index (χ0n) is 14.0. The highest BCUT2D eigenvalue weighted by Crippen LogP contribution is 2.32. The number of nitrogens with two attached hydrogens (primary N) is 1. The van der Waals surface area contributed by atoms with Gasteiger partial charge in [-0.25, -0.2) is 0 Å². The Balaban J connectivity index is 2.18. The van der Waals surface area contributed by atoms with Crippen LogP contribution in [0.2, 0.25) is 0 Å². The molecule has 0 spiro atoms. The predicted octanol–water partition coefficient (Wildman–Crippen LogP) is 0.144. The summed E-state index contributed by atoms with van der Waals surface area (Å²) >= 11 is 0. The zero-order valence-corrected chi connectivity index (χ0v) is 14.0. The van der Waals surface area contributed by atoms with Crippen molar-refractivity contribution < 1.29 is 28.7 Å². The van der Waals surface area contributed by atoms with Crippen LogP contribution in [0.3, 0.4) is 0 Å². The molecule has 0 saturated heterocycles. The molecule has 1 atom stereocenters. The van der Waals surface area contributed by atoms with Gasteiger partial charge in [0.1, 0.15) is 25.2 Å². The van der Waals surface area contributed by atoms with Gasteiger partial charge in [0, 0.05) is 6.42 Å². The van der Waals surface area contributed by atoms with Crippen molar-refractivity contribution in [2.45, 2.75) is 18.9 Å². The van der Waals surface area contributed by atoms with Crippen LogP contribution in [0.1, 0.15) is 33.6 Å². The molecule has 0 radical (unpaired) electrons. The van der Waals surface area contributed by atoms with Gasteiger partial charge in [-0.2, -0.15) is 0 Å². The van der Waals surface area contributed by atoms with E-state index in [1.54, 1.807) is 12.1 Å². The van der Waals surface area contributed by atoms with Gasteiger partial charge in [-0.05, 0) is 18.6 Å². The van der Waals surface area contributed by atoms with Crippen LogP contribution in [0.5, 0.6) is 5.75 Å². The molecule has 0 aliphatic carbocycles. The Morgan fingerprint density at radius 3 is 2.73 bits per heavy atom. The first kappa shape index (κ1) is 19.1. The summed E-state index contributed by atoms with van der Waals surface area (Å²) in [7, 11) is 0. The number of hydrogen-bond acceptors (Lipinski definition) is 6. The summed E-state index contributed by atoms with van der Waals surface area (Å²) in [6, 6.07) is 3.54. The summed E-state index contributed by atoms with van der Waals surface area (Å²) in [6.45, 7) is 0.496. The molecule has 0 fully saturated rings. The summed E-state index contributed by atoms with van der Waals surface area (Å²) in [5.74, 6) is 0.653. The van der Waals surface area contributed by atoms with Crippen LogP contribution in [0.4, 0.5) is 0 Å². The van der Waals surface area contributed by atoms with Crippen molar-refractivity contribution in [1.82, 2.24) is 4.90 Å². The topological polar surface area (TPSA) is 116 Å². The quantitative estimate of drug-likeness (QED) is 0.275. The zero-order chi connectivity index (χ0) is 19.1. The number of aldehydes is 1. The molecule has 1 heterocycles. The number of nitrogens with zero attached hydrogens (tertiary/aromatic N) is 1. The van der Waals surface area contributed by atoms with Crippen molar-refractivity contribution in [3.63, 3.8) is 0 Å². The van der Waals surface area contributed by atoms with Crippen LogP contribution in [0, 0.1) is 12.3 Å². The smallest absolute Gasteiger partial charge is 0.265 e. The number of benzene rings is 1. The standard InChI is InChI=1S/C18H18N2O6/c1-2-8-25-9-10-26-14-5-3-4-13-16(14)18(24)20(17(13)23)12(11-21)6-7-15(19)22/h1,3-5,11-12H,6-10H2,(H2,19,22). The Kier molecular flexibility index (Phi) is 6.47. The molecule has 1 unspecified atom stereocenters. The summed E-state index contributed by atoms with van der Waals surface area (Å²) in [4.78, 5) is 48.4. The Labute approximate surface area is 150 Å². The Morgan fingerprint density at radius 1 is 1.31 bits per heavy atom. The van der Waals surface area contributed by atoms with Crippen LogP contribution in [-0.4, -0.2) is 54.8 Å². The Bertz CT molecular complexity index is 767. The number of amides is 3. The van der Waals surface area contributed by atoms with Crippen molar-refractivity contribution in [3.8, 4) is 18.1 Å². The van der Waals surface area contributed by atoms with E-state index in [9.17, 15) is 19.2 Å². The maximum Gasteiger partial charge on any atom is 0.265 e. The van der Waals surface area contributed by atoms with E-state index < -0.39 is 23.8 Å². The van der Waals surface area contributed by atoms with Crippen molar-refractivity contribution >= 4 is 24.0 Å². The number of hydrogen-bond donors (Lipinski definition) is 1. The lowest BCUT2D eigenvalue weighted by Gasteiger charge is -2.20. The third-order valence-corrected chi connectivity index (χ3v) is 3.75. The van der Waals surface area contributed by atoms with E-state index in [2.05, 4.69) is 5.92 Å². The maximum atomic E-state index is 12.7. The minimum absolute atomic E-state index is 0.0274. The molecule has 3 amide bonds. The third kappa shape index (κ3) is 4.07. The first-order valence-corrected chi connectivity index (χ1v) is 7.89. The lowest BCUT2D eigenvalue weighted by atomic mass is 10.1. The van der Waals surface area contributed by atoms with E-state index in [1.807, 2.05) is 0 Å². The van der Waals surface area contributed by atoms with E-state index in [0.717, 1.165) is 4.90 Å². The fraction of sp³-hybridized carbons (Fsp3) is 0.333. The lowest BCUT2D eigenvalue weighted by molar-refractivity contribution is -0.118. The van der Waals surface area contributed by atoms with Crippen LogP contribution < -0.4 is 10.5 Å². The number of imide groups is 1. The van der Waals surface area contributed by atoms with Gasteiger partial charge in [-0.15, -0.1) is 6.42 Å². The van der Waals surface area contributed by atoms with Crippen molar-refractivity contribution in [2.24, 2.45) is 5.73 Å². The number of ether oxygens (including phenoxy) is 2. The monoisotopic (exact) mass is 358 g/mol. The van der Waals surface area contributed by atoms with Crippen LogP contribution in [0.15, 0.2) is 18.2 Å². The van der Waals surface area contributed by atoms with E-state index in [1.165, 1.54) is 6.07 Å². The van der Waals surface area contributed by atoms with Gasteiger partial charge < -0.3 is 20.0 Å². The van der Waals surface area contributed by atoms with Gasteiger partial charge in [0.25, 0.3) is 11.8 Å². The SMILES string of the molecule is C#CCOCCOc1cccc2c1C(=O)N(C(C=O)CCC(N)=O)C2=O. The average Bonchev–Trinajstić information content (AvgIpc) is 2.88. The molecule has 8 nitrogen and oxygen atoms in total. The molecule has 0 bridgehead atoms. The molecular formula is C18H18N2O6. The van der Waals surface area contributed by atoms with E-state index in [4.69, 9.17) is 21.6 Å². The summed E-state index contributed by atoms with van der Waals surface area (Å²) in [6.07, 6.45) is 5.38. The highest BCUT2D eigenvalue weighted by atomic mass is 16.5. The molecule has 0 saturated carbocycles. The molecule has 1 aromatic carbocycles. The largest absolute Gasteiger partial charge is 0.490 e. The summed E-state index contributed by atoms with van der Waals surface area (Å²) < 4.78 is 10.6. The van der Waals surface area contributed by atoms with Crippen molar-refractivity contribution in [3.05, 3.63) is 29.3 Å². The predicted molar refractivity (Wildman–Crippen MR) is 90.4 cm³/mol. The molecule has 2 rings (SSSR count). The van der Waals surface area contributed by atoms with Gasteiger partial charge in [0.05, 0.1) is 23.8 Å². The molecule has 1 aromatic rings. The second-order valence-electron chi connectivity index (χ2n) is 5.47. The van der Waals surface area contributed by atoms with Crippen LogP contribution >= 0.6 is 0 Å². The van der Waals surface area contributed by atoms with Gasteiger partial charge in [-0.3, -0.25) is 19.3 Å². The number of fused-ring (bicyclic) bond motifs is 1. The molecule has 8 heteroatoms. The van der Waals surface area contributed by atoms with E-state index in [0.29, 0.717) is 6.29 Å². The second kappa shape index (κ2) is 8.78. The van der Waals surface area contributed by atoms with Crippen LogP contribution in [0.25, 0.3) is 0 Å². The maximum absolute atomic E-state index is 12.7. The normalized spacial score (nSPS) is 13.9. The van der Waals surface area contributed by atoms with Crippen LogP contribution in [-0.2, 0) is 14.3 Å². The van der Waals surface area contributed by atoms with Gasteiger partial charge in [-0.1, -0.05) is 12.0 Å². The third-order valence-electron chi connectivity index (χ3n) is 3.75. The number of carbonyl (C=O) groups excluding carboxylic acids is 4. The number of rotatable bonds is 10. The van der Waals surface area contributed by atoms with Gasteiger partial charge in [0.2, 0.25) is 5.91 Å². The molecule has 2 N–H and O–H groups in total. The average molecular weight is 358 g/mol. The Hall–Kier alpha value is -3.18. The highest BCUT2D eigenvalue weighted by molar-refractivity contribution is 6.23. The minimum Gasteiger partial charge on any atom is -0.490 e. The minimum atomic E-state index is -1.07. The fourth-order valence-electron chi connectivity index (χ4n) is 2.58. The fourth-order valence-corrected chi connectivity index (χ4v) is 2.58. The number of carbonyl (C=O) groups is 4. The number of terminal acetylenes is 1.